The number of nitrogens with zero attached hydrogens (tertiary/aromatic N) is 2. The van der Waals surface area contributed by atoms with Crippen LogP contribution in [0.5, 0.6) is 0 Å². The molecule has 1 aliphatic heterocycles. The number of halogens is 1. The summed E-state index contributed by atoms with van der Waals surface area (Å²) >= 11 is 4.44. The Morgan fingerprint density at radius 2 is 2.06 bits per heavy atom. The van der Waals surface area contributed by atoms with E-state index in [1.807, 2.05) is 0 Å². The van der Waals surface area contributed by atoms with E-state index < -0.39 is 10.0 Å². The minimum Gasteiger partial charge on any atom is -0.411 e. The van der Waals surface area contributed by atoms with Crippen LogP contribution in [0.1, 0.15) is 12.8 Å². The first-order valence-electron chi connectivity index (χ1n) is 4.98. The summed E-state index contributed by atoms with van der Waals surface area (Å²) in [7, 11) is -3.41. The van der Waals surface area contributed by atoms with Crippen LogP contribution >= 0.6 is 27.3 Å². The van der Waals surface area contributed by atoms with Gasteiger partial charge in [-0.15, -0.1) is 11.3 Å². The van der Waals surface area contributed by atoms with E-state index in [2.05, 4.69) is 21.1 Å². The van der Waals surface area contributed by atoms with E-state index in [4.69, 9.17) is 5.21 Å². The Morgan fingerprint density at radius 1 is 1.41 bits per heavy atom. The van der Waals surface area contributed by atoms with Gasteiger partial charge in [0.2, 0.25) is 0 Å². The molecular formula is C9H11BrN2O3S2. The van der Waals surface area contributed by atoms with Gasteiger partial charge in [-0.05, 0) is 27.4 Å². The highest BCUT2D eigenvalue weighted by molar-refractivity contribution is 9.10. The number of hydrogen-bond donors (Lipinski definition) is 1. The third-order valence-corrected chi connectivity index (χ3v) is 7.15. The topological polar surface area (TPSA) is 70.0 Å². The lowest BCUT2D eigenvalue weighted by Gasteiger charge is -2.25. The fourth-order valence-corrected chi connectivity index (χ4v) is 5.56. The minimum absolute atomic E-state index is 0.335. The molecule has 0 unspecified atom stereocenters. The predicted octanol–water partition coefficient (Wildman–Crippen LogP) is 2.13. The van der Waals surface area contributed by atoms with Crippen molar-refractivity contribution in [3.8, 4) is 0 Å². The van der Waals surface area contributed by atoms with Crippen LogP contribution in [0.25, 0.3) is 0 Å². The van der Waals surface area contributed by atoms with Crippen LogP contribution in [0, 0.1) is 0 Å². The van der Waals surface area contributed by atoms with E-state index in [0.29, 0.717) is 40.3 Å². The lowest BCUT2D eigenvalue weighted by Crippen LogP contribution is -2.38. The van der Waals surface area contributed by atoms with Crippen LogP contribution in [0.15, 0.2) is 25.3 Å². The van der Waals surface area contributed by atoms with Crippen molar-refractivity contribution in [2.75, 3.05) is 13.1 Å². The number of oxime groups is 1. The zero-order valence-electron chi connectivity index (χ0n) is 8.84. The van der Waals surface area contributed by atoms with Crippen molar-refractivity contribution >= 4 is 43.0 Å². The summed E-state index contributed by atoms with van der Waals surface area (Å²) in [5.74, 6) is 0. The van der Waals surface area contributed by atoms with Crippen molar-refractivity contribution in [3.63, 3.8) is 0 Å². The van der Waals surface area contributed by atoms with Gasteiger partial charge in [0.1, 0.15) is 4.21 Å². The van der Waals surface area contributed by atoms with Crippen molar-refractivity contribution in [1.82, 2.24) is 4.31 Å². The van der Waals surface area contributed by atoms with Crippen LogP contribution in [0.2, 0.25) is 0 Å². The summed E-state index contributed by atoms with van der Waals surface area (Å²) < 4.78 is 26.9. The quantitative estimate of drug-likeness (QED) is 0.663. The predicted molar refractivity (Wildman–Crippen MR) is 69.2 cm³/mol. The van der Waals surface area contributed by atoms with Gasteiger partial charge < -0.3 is 5.21 Å². The SMILES string of the molecule is O=S(=O)(c1sccc1Br)N1CCC(=NO)CC1. The van der Waals surface area contributed by atoms with Crippen LogP contribution in [-0.4, -0.2) is 36.7 Å². The highest BCUT2D eigenvalue weighted by Gasteiger charge is 2.30. The maximum absolute atomic E-state index is 12.3. The standard InChI is InChI=1S/C9H11BrN2O3S2/c10-8-3-6-16-9(8)17(14,15)12-4-1-7(11-13)2-5-12/h3,6,13H,1-2,4-5H2. The fourth-order valence-electron chi connectivity index (χ4n) is 1.67. The second-order valence-corrected chi connectivity index (χ2v) is 7.53. The Kier molecular flexibility index (Phi) is 3.86. The molecule has 1 N–H and O–H groups in total. The summed E-state index contributed by atoms with van der Waals surface area (Å²) in [4.78, 5) is 0. The molecule has 1 aromatic heterocycles. The molecule has 5 nitrogen and oxygen atoms in total. The number of piperidine rings is 1. The van der Waals surface area contributed by atoms with E-state index >= 15 is 0 Å². The van der Waals surface area contributed by atoms with Gasteiger partial charge in [0.05, 0.1) is 5.71 Å². The van der Waals surface area contributed by atoms with Crippen LogP contribution in [-0.2, 0) is 10.0 Å². The van der Waals surface area contributed by atoms with Gasteiger partial charge >= 0.3 is 0 Å². The number of sulfonamides is 1. The van der Waals surface area contributed by atoms with E-state index in [-0.39, 0.29) is 0 Å². The van der Waals surface area contributed by atoms with Gasteiger partial charge in [0.25, 0.3) is 10.0 Å². The first kappa shape index (κ1) is 13.0. The molecule has 0 amide bonds. The Labute approximate surface area is 112 Å². The van der Waals surface area contributed by atoms with Gasteiger partial charge in [-0.2, -0.15) is 4.31 Å². The lowest BCUT2D eigenvalue weighted by molar-refractivity contribution is 0.310. The number of hydrogen-bond acceptors (Lipinski definition) is 5. The molecular weight excluding hydrogens is 328 g/mol. The summed E-state index contributed by atoms with van der Waals surface area (Å²) in [6, 6.07) is 1.72. The van der Waals surface area contributed by atoms with E-state index in [9.17, 15) is 8.42 Å². The molecule has 8 heteroatoms. The van der Waals surface area contributed by atoms with Crippen molar-refractivity contribution in [2.24, 2.45) is 5.16 Å². The first-order chi connectivity index (χ1) is 8.05. The molecule has 2 rings (SSSR count). The lowest BCUT2D eigenvalue weighted by atomic mass is 10.1. The van der Waals surface area contributed by atoms with Crippen LogP contribution in [0.3, 0.4) is 0 Å². The Bertz CT molecular complexity index is 528. The molecule has 0 aliphatic carbocycles. The number of thiophene rings is 1. The molecule has 17 heavy (non-hydrogen) atoms. The van der Waals surface area contributed by atoms with Gasteiger partial charge in [0, 0.05) is 30.4 Å². The molecule has 0 saturated carbocycles. The normalized spacial score (nSPS) is 18.3. The summed E-state index contributed by atoms with van der Waals surface area (Å²) in [5, 5.41) is 13.5. The van der Waals surface area contributed by atoms with E-state index in [1.54, 1.807) is 11.4 Å². The van der Waals surface area contributed by atoms with Crippen LogP contribution < -0.4 is 0 Å². The summed E-state index contributed by atoms with van der Waals surface area (Å²) in [6.45, 7) is 0.734. The molecule has 0 atom stereocenters. The largest absolute Gasteiger partial charge is 0.411 e. The highest BCUT2D eigenvalue weighted by Crippen LogP contribution is 2.31. The van der Waals surface area contributed by atoms with Gasteiger partial charge in [-0.25, -0.2) is 8.42 Å². The molecule has 0 spiro atoms. The molecule has 1 fully saturated rings. The van der Waals surface area contributed by atoms with E-state index in [0.717, 1.165) is 0 Å². The molecule has 0 bridgehead atoms. The average Bonchev–Trinajstić information content (AvgIpc) is 2.76. The monoisotopic (exact) mass is 338 g/mol. The molecule has 94 valence electrons. The minimum atomic E-state index is -3.41. The Balaban J connectivity index is 2.21. The van der Waals surface area contributed by atoms with Crippen molar-refractivity contribution in [1.29, 1.82) is 0 Å². The van der Waals surface area contributed by atoms with Crippen molar-refractivity contribution < 1.29 is 13.6 Å². The molecule has 0 radical (unpaired) electrons. The third-order valence-electron chi connectivity index (χ3n) is 2.60. The number of rotatable bonds is 2. The zero-order chi connectivity index (χ0) is 12.5. The van der Waals surface area contributed by atoms with Crippen molar-refractivity contribution in [2.45, 2.75) is 17.1 Å². The van der Waals surface area contributed by atoms with Gasteiger partial charge in [-0.1, -0.05) is 5.16 Å². The maximum atomic E-state index is 12.3. The molecule has 1 aromatic rings. The molecule has 1 aliphatic rings. The van der Waals surface area contributed by atoms with E-state index in [1.165, 1.54) is 15.6 Å². The smallest absolute Gasteiger partial charge is 0.253 e. The Hall–Kier alpha value is -0.440. The maximum Gasteiger partial charge on any atom is 0.253 e. The van der Waals surface area contributed by atoms with Gasteiger partial charge in [0.15, 0.2) is 0 Å². The zero-order valence-corrected chi connectivity index (χ0v) is 12.1. The van der Waals surface area contributed by atoms with Gasteiger partial charge in [-0.3, -0.25) is 0 Å². The first-order valence-corrected chi connectivity index (χ1v) is 8.10. The summed E-state index contributed by atoms with van der Waals surface area (Å²) in [5.41, 5.74) is 0.654. The summed E-state index contributed by atoms with van der Waals surface area (Å²) in [6.07, 6.45) is 0.970. The van der Waals surface area contributed by atoms with Crippen molar-refractivity contribution in [3.05, 3.63) is 15.9 Å². The molecule has 1 saturated heterocycles. The fraction of sp³-hybridized carbons (Fsp3) is 0.444. The second kappa shape index (κ2) is 5.05. The Morgan fingerprint density at radius 3 is 2.53 bits per heavy atom. The average molecular weight is 339 g/mol. The molecule has 2 heterocycles. The second-order valence-electron chi connectivity index (χ2n) is 3.63. The highest BCUT2D eigenvalue weighted by atomic mass is 79.9. The van der Waals surface area contributed by atoms with Crippen LogP contribution in [0.4, 0.5) is 0 Å². The molecule has 0 aromatic carbocycles. The third kappa shape index (κ3) is 2.54.